The predicted octanol–water partition coefficient (Wildman–Crippen LogP) is 1.95. The summed E-state index contributed by atoms with van der Waals surface area (Å²) in [5.74, 6) is 0.911. The van der Waals surface area contributed by atoms with Crippen LogP contribution in [-0.4, -0.2) is 46.6 Å². The largest absolute Gasteiger partial charge is 0.491 e. The molecule has 0 aliphatic rings. The molecule has 0 aromatic heterocycles. The first-order valence-corrected chi connectivity index (χ1v) is 7.81. The quantitative estimate of drug-likeness (QED) is 0.635. The summed E-state index contributed by atoms with van der Waals surface area (Å²) < 4.78 is 16.3. The van der Waals surface area contributed by atoms with Gasteiger partial charge in [0.2, 0.25) is 0 Å². The van der Waals surface area contributed by atoms with Crippen molar-refractivity contribution >= 4 is 11.6 Å². The van der Waals surface area contributed by atoms with Gasteiger partial charge in [0.25, 0.3) is 0 Å². The number of quaternary nitrogens is 1. The van der Waals surface area contributed by atoms with Gasteiger partial charge in [0.05, 0.1) is 32.9 Å². The van der Waals surface area contributed by atoms with Crippen molar-refractivity contribution in [3.63, 3.8) is 0 Å². The number of halogens is 1. The van der Waals surface area contributed by atoms with Crippen LogP contribution in [0.3, 0.4) is 0 Å². The molecule has 1 aromatic carbocycles. The van der Waals surface area contributed by atoms with Crippen molar-refractivity contribution < 1.29 is 19.5 Å². The Kier molecular flexibility index (Phi) is 9.42. The highest BCUT2D eigenvalue weighted by atomic mass is 35.5. The van der Waals surface area contributed by atoms with Gasteiger partial charge in [0.15, 0.2) is 0 Å². The van der Waals surface area contributed by atoms with Gasteiger partial charge in [-0.2, -0.15) is 0 Å². The smallest absolute Gasteiger partial charge is 0.125 e. The molecule has 0 saturated carbocycles. The minimum absolute atomic E-state index is 0.562. The van der Waals surface area contributed by atoms with Crippen molar-refractivity contribution in [2.24, 2.45) is 0 Å². The Labute approximate surface area is 132 Å². The Morgan fingerprint density at radius 2 is 1.71 bits per heavy atom. The van der Waals surface area contributed by atoms with Gasteiger partial charge in [-0.3, -0.25) is 0 Å². The van der Waals surface area contributed by atoms with Gasteiger partial charge in [-0.15, -0.1) is 0 Å². The molecule has 0 radical (unpaired) electrons. The molecule has 0 amide bonds. The lowest BCUT2D eigenvalue weighted by atomic mass is 10.1. The molecule has 4 nitrogen and oxygen atoms in total. The Balaban J connectivity index is 2.07. The maximum atomic E-state index is 5.99. The van der Waals surface area contributed by atoms with Crippen LogP contribution in [0.1, 0.15) is 17.5 Å². The summed E-state index contributed by atoms with van der Waals surface area (Å²) in [6.45, 7) is 8.80. The molecule has 0 unspecified atom stereocenters. The summed E-state index contributed by atoms with van der Waals surface area (Å²) in [6, 6.07) is 3.83. The molecule has 21 heavy (non-hydrogen) atoms. The normalized spacial score (nSPS) is 10.9. The van der Waals surface area contributed by atoms with Gasteiger partial charge in [0.1, 0.15) is 12.4 Å². The molecule has 0 atom stereocenters. The van der Waals surface area contributed by atoms with Crippen molar-refractivity contribution in [3.8, 4) is 5.75 Å². The second kappa shape index (κ2) is 10.9. The van der Waals surface area contributed by atoms with Crippen molar-refractivity contribution in [1.29, 1.82) is 0 Å². The number of nitrogens with two attached hydrogens (primary N) is 1. The van der Waals surface area contributed by atoms with E-state index in [0.717, 1.165) is 54.6 Å². The van der Waals surface area contributed by atoms with Crippen molar-refractivity contribution in [3.05, 3.63) is 28.3 Å². The lowest BCUT2D eigenvalue weighted by molar-refractivity contribution is -0.656. The lowest BCUT2D eigenvalue weighted by Gasteiger charge is -2.12. The monoisotopic (exact) mass is 316 g/mol. The maximum Gasteiger partial charge on any atom is 0.125 e. The van der Waals surface area contributed by atoms with E-state index in [4.69, 9.17) is 25.8 Å². The van der Waals surface area contributed by atoms with Crippen LogP contribution in [0.25, 0.3) is 0 Å². The van der Waals surface area contributed by atoms with Gasteiger partial charge < -0.3 is 19.5 Å². The molecule has 0 fully saturated rings. The van der Waals surface area contributed by atoms with E-state index < -0.39 is 0 Å². The highest BCUT2D eigenvalue weighted by molar-refractivity contribution is 6.30. The standard InChI is InChI=1S/C16H26ClNO3/c1-13-11-15(17)12-14(2)16(13)21-10-9-20-8-6-18-5-4-7-19-3/h11-12,18H,4-10H2,1-3H3/p+1. The molecule has 1 rings (SSSR count). The van der Waals surface area contributed by atoms with Crippen LogP contribution in [0, 0.1) is 13.8 Å². The Bertz CT molecular complexity index is 390. The van der Waals surface area contributed by atoms with Crippen molar-refractivity contribution in [2.45, 2.75) is 20.3 Å². The van der Waals surface area contributed by atoms with Crippen LogP contribution < -0.4 is 10.1 Å². The summed E-state index contributed by atoms with van der Waals surface area (Å²) in [7, 11) is 1.73. The number of methoxy groups -OCH3 is 1. The first-order chi connectivity index (χ1) is 10.1. The van der Waals surface area contributed by atoms with Gasteiger partial charge >= 0.3 is 0 Å². The third kappa shape index (κ3) is 7.67. The van der Waals surface area contributed by atoms with E-state index in [1.165, 1.54) is 0 Å². The van der Waals surface area contributed by atoms with Gasteiger partial charge in [0, 0.05) is 18.6 Å². The van der Waals surface area contributed by atoms with Crippen LogP contribution in [0.4, 0.5) is 0 Å². The minimum Gasteiger partial charge on any atom is -0.491 e. The summed E-state index contributed by atoms with van der Waals surface area (Å²) in [5, 5.41) is 2.99. The predicted molar refractivity (Wildman–Crippen MR) is 85.4 cm³/mol. The van der Waals surface area contributed by atoms with Crippen LogP contribution >= 0.6 is 11.6 Å². The number of benzene rings is 1. The molecule has 0 saturated heterocycles. The zero-order valence-electron chi connectivity index (χ0n) is 13.3. The highest BCUT2D eigenvalue weighted by Gasteiger charge is 2.05. The van der Waals surface area contributed by atoms with Crippen LogP contribution in [0.15, 0.2) is 12.1 Å². The van der Waals surface area contributed by atoms with Crippen molar-refractivity contribution in [1.82, 2.24) is 0 Å². The van der Waals surface area contributed by atoms with Crippen LogP contribution in [0.2, 0.25) is 5.02 Å². The molecule has 5 heteroatoms. The molecule has 0 spiro atoms. The third-order valence-electron chi connectivity index (χ3n) is 3.12. The van der Waals surface area contributed by atoms with Gasteiger partial charge in [-0.1, -0.05) is 11.6 Å². The molecule has 120 valence electrons. The van der Waals surface area contributed by atoms with Crippen LogP contribution in [0.5, 0.6) is 5.75 Å². The Hall–Kier alpha value is -0.810. The average molecular weight is 317 g/mol. The zero-order chi connectivity index (χ0) is 15.5. The summed E-state index contributed by atoms with van der Waals surface area (Å²) in [5.41, 5.74) is 2.12. The second-order valence-corrected chi connectivity index (χ2v) is 5.48. The van der Waals surface area contributed by atoms with E-state index in [0.29, 0.717) is 13.2 Å². The number of aryl methyl sites for hydroxylation is 2. The fourth-order valence-electron chi connectivity index (χ4n) is 2.11. The third-order valence-corrected chi connectivity index (χ3v) is 3.34. The molecule has 0 heterocycles. The van der Waals surface area contributed by atoms with E-state index in [1.54, 1.807) is 7.11 Å². The second-order valence-electron chi connectivity index (χ2n) is 5.04. The summed E-state index contributed by atoms with van der Waals surface area (Å²) in [6.07, 6.45) is 1.08. The molecule has 1 aromatic rings. The molecule has 0 aliphatic heterocycles. The van der Waals surface area contributed by atoms with Gasteiger partial charge in [-0.05, 0) is 37.1 Å². The van der Waals surface area contributed by atoms with E-state index in [-0.39, 0.29) is 0 Å². The zero-order valence-corrected chi connectivity index (χ0v) is 14.0. The first kappa shape index (κ1) is 18.2. The number of ether oxygens (including phenoxy) is 3. The molecular weight excluding hydrogens is 290 g/mol. The van der Waals surface area contributed by atoms with Crippen molar-refractivity contribution in [2.75, 3.05) is 46.6 Å². The van der Waals surface area contributed by atoms with E-state index in [9.17, 15) is 0 Å². The number of hydrogen-bond acceptors (Lipinski definition) is 3. The number of hydrogen-bond donors (Lipinski definition) is 1. The SMILES string of the molecule is COCCC[NH2+]CCOCCOc1c(C)cc(Cl)cc1C. The highest BCUT2D eigenvalue weighted by Crippen LogP contribution is 2.26. The molecule has 2 N–H and O–H groups in total. The Morgan fingerprint density at radius 1 is 1.00 bits per heavy atom. The molecule has 0 bridgehead atoms. The van der Waals surface area contributed by atoms with Crippen LogP contribution in [-0.2, 0) is 9.47 Å². The van der Waals surface area contributed by atoms with E-state index in [2.05, 4.69) is 5.32 Å². The Morgan fingerprint density at radius 3 is 2.38 bits per heavy atom. The minimum atomic E-state index is 0.562. The van der Waals surface area contributed by atoms with Gasteiger partial charge in [-0.25, -0.2) is 0 Å². The fraction of sp³-hybridized carbons (Fsp3) is 0.625. The number of rotatable bonds is 11. The lowest BCUT2D eigenvalue weighted by Crippen LogP contribution is -2.85. The molecular formula is C16H27ClNO3+. The summed E-state index contributed by atoms with van der Waals surface area (Å²) >= 11 is 5.99. The fourth-order valence-corrected chi connectivity index (χ4v) is 2.44. The van der Waals surface area contributed by atoms with E-state index >= 15 is 0 Å². The topological polar surface area (TPSA) is 44.3 Å². The average Bonchev–Trinajstić information content (AvgIpc) is 2.43. The first-order valence-electron chi connectivity index (χ1n) is 7.43. The maximum absolute atomic E-state index is 5.99. The summed E-state index contributed by atoms with van der Waals surface area (Å²) in [4.78, 5) is 0. The van der Waals surface area contributed by atoms with E-state index in [1.807, 2.05) is 26.0 Å². The molecule has 0 aliphatic carbocycles.